The number of rotatable bonds is 3. The molecule has 1 fully saturated rings. The maximum Gasteiger partial charge on any atom is 0.273 e. The summed E-state index contributed by atoms with van der Waals surface area (Å²) in [4.78, 5) is 10.3. The molecule has 1 aromatic rings. The van der Waals surface area contributed by atoms with E-state index in [-0.39, 0.29) is 5.69 Å². The van der Waals surface area contributed by atoms with Crippen LogP contribution in [0.4, 0.5) is 17.1 Å². The molecule has 1 aromatic carbocycles. The molecule has 1 aliphatic carbocycles. The van der Waals surface area contributed by atoms with Crippen molar-refractivity contribution in [3.05, 3.63) is 28.3 Å². The topological polar surface area (TPSA) is 81.2 Å². The Labute approximate surface area is 100 Å². The second kappa shape index (κ2) is 4.61. The Morgan fingerprint density at radius 2 is 2.18 bits per heavy atom. The molecule has 0 spiro atoms. The number of nitrogen functional groups attached to an aromatic ring is 1. The van der Waals surface area contributed by atoms with Crippen LogP contribution in [-0.2, 0) is 0 Å². The number of hydrogen-bond acceptors (Lipinski definition) is 4. The Bertz CT molecular complexity index is 434. The molecule has 3 N–H and O–H groups in total. The van der Waals surface area contributed by atoms with Gasteiger partial charge in [0.1, 0.15) is 0 Å². The van der Waals surface area contributed by atoms with Gasteiger partial charge in [0.2, 0.25) is 0 Å². The summed E-state index contributed by atoms with van der Waals surface area (Å²) in [5.74, 6) is 0.726. The van der Waals surface area contributed by atoms with Gasteiger partial charge < -0.3 is 11.1 Å². The highest BCUT2D eigenvalue weighted by molar-refractivity contribution is 5.61. The van der Waals surface area contributed by atoms with Crippen LogP contribution in [0.2, 0.25) is 0 Å². The summed E-state index contributed by atoms with van der Waals surface area (Å²) in [6.07, 6.45) is 3.44. The van der Waals surface area contributed by atoms with Crippen molar-refractivity contribution in [2.45, 2.75) is 32.2 Å². The summed E-state index contributed by atoms with van der Waals surface area (Å²) in [5, 5.41) is 14.0. The van der Waals surface area contributed by atoms with Gasteiger partial charge in [-0.3, -0.25) is 10.1 Å². The van der Waals surface area contributed by atoms with E-state index in [9.17, 15) is 10.1 Å². The van der Waals surface area contributed by atoms with Crippen LogP contribution in [0, 0.1) is 16.0 Å². The van der Waals surface area contributed by atoms with Crippen LogP contribution in [0.1, 0.15) is 26.2 Å². The molecule has 92 valence electrons. The Morgan fingerprint density at radius 1 is 1.41 bits per heavy atom. The lowest BCUT2D eigenvalue weighted by Gasteiger charge is -2.14. The van der Waals surface area contributed by atoms with Crippen LogP contribution in [0.25, 0.3) is 0 Å². The van der Waals surface area contributed by atoms with Gasteiger partial charge in [-0.25, -0.2) is 0 Å². The average Bonchev–Trinajstić information content (AvgIpc) is 2.63. The van der Waals surface area contributed by atoms with Gasteiger partial charge in [-0.1, -0.05) is 6.92 Å². The fraction of sp³-hybridized carbons (Fsp3) is 0.500. The van der Waals surface area contributed by atoms with E-state index in [1.54, 1.807) is 12.1 Å². The number of hydrogen-bond donors (Lipinski definition) is 2. The Morgan fingerprint density at radius 3 is 2.76 bits per heavy atom. The lowest BCUT2D eigenvalue weighted by molar-refractivity contribution is -0.384. The van der Waals surface area contributed by atoms with Crippen LogP contribution in [-0.4, -0.2) is 11.0 Å². The number of nitrogens with two attached hydrogens (primary N) is 1. The Kier molecular flexibility index (Phi) is 3.17. The van der Waals surface area contributed by atoms with Crippen LogP contribution in [0.3, 0.4) is 0 Å². The molecule has 0 aliphatic heterocycles. The van der Waals surface area contributed by atoms with Gasteiger partial charge in [0.05, 0.1) is 4.92 Å². The first kappa shape index (κ1) is 11.7. The zero-order valence-corrected chi connectivity index (χ0v) is 9.85. The monoisotopic (exact) mass is 235 g/mol. The van der Waals surface area contributed by atoms with Gasteiger partial charge >= 0.3 is 0 Å². The summed E-state index contributed by atoms with van der Waals surface area (Å²) in [7, 11) is 0. The number of nitrogens with one attached hydrogen (secondary N) is 1. The highest BCUT2D eigenvalue weighted by atomic mass is 16.6. The number of nitro groups is 1. The van der Waals surface area contributed by atoms with Crippen molar-refractivity contribution in [2.24, 2.45) is 5.92 Å². The van der Waals surface area contributed by atoms with Gasteiger partial charge in [-0.05, 0) is 31.2 Å². The van der Waals surface area contributed by atoms with E-state index in [0.717, 1.165) is 24.4 Å². The third-order valence-corrected chi connectivity index (χ3v) is 3.22. The molecule has 0 bridgehead atoms. The zero-order chi connectivity index (χ0) is 12.4. The highest BCUT2D eigenvalue weighted by Crippen LogP contribution is 2.29. The fourth-order valence-corrected chi connectivity index (χ4v) is 2.40. The quantitative estimate of drug-likeness (QED) is 0.479. The smallest absolute Gasteiger partial charge is 0.273 e. The van der Waals surface area contributed by atoms with Crippen molar-refractivity contribution in [2.75, 3.05) is 11.1 Å². The molecule has 0 saturated heterocycles. The minimum absolute atomic E-state index is 0.0403. The van der Waals surface area contributed by atoms with Crippen molar-refractivity contribution in [3.63, 3.8) is 0 Å². The third kappa shape index (κ3) is 2.87. The van der Waals surface area contributed by atoms with Gasteiger partial charge in [0.25, 0.3) is 5.69 Å². The van der Waals surface area contributed by atoms with Crippen molar-refractivity contribution in [3.8, 4) is 0 Å². The molecule has 2 atom stereocenters. The molecule has 0 heterocycles. The van der Waals surface area contributed by atoms with E-state index in [1.807, 2.05) is 0 Å². The minimum atomic E-state index is -0.418. The minimum Gasteiger partial charge on any atom is -0.398 e. The zero-order valence-electron chi connectivity index (χ0n) is 9.85. The molecule has 5 nitrogen and oxygen atoms in total. The van der Waals surface area contributed by atoms with E-state index in [0.29, 0.717) is 11.7 Å². The van der Waals surface area contributed by atoms with Crippen molar-refractivity contribution >= 4 is 17.1 Å². The molecule has 2 rings (SSSR count). The molecule has 0 radical (unpaired) electrons. The number of benzene rings is 1. The Balaban J connectivity index is 2.12. The summed E-state index contributed by atoms with van der Waals surface area (Å²) in [5.41, 5.74) is 6.86. The van der Waals surface area contributed by atoms with Crippen molar-refractivity contribution in [1.82, 2.24) is 0 Å². The largest absolute Gasteiger partial charge is 0.398 e. The van der Waals surface area contributed by atoms with Crippen LogP contribution < -0.4 is 11.1 Å². The fourth-order valence-electron chi connectivity index (χ4n) is 2.40. The second-order valence-electron chi connectivity index (χ2n) is 4.83. The SMILES string of the molecule is CC1CCC(Nc2cc(N)cc([N+](=O)[O-])c2)C1. The van der Waals surface area contributed by atoms with Gasteiger partial charge in [0, 0.05) is 29.5 Å². The molecule has 17 heavy (non-hydrogen) atoms. The first-order valence-electron chi connectivity index (χ1n) is 5.86. The molecule has 0 aromatic heterocycles. The van der Waals surface area contributed by atoms with Crippen LogP contribution in [0.15, 0.2) is 18.2 Å². The lowest BCUT2D eigenvalue weighted by atomic mass is 10.1. The average molecular weight is 235 g/mol. The molecule has 1 aliphatic rings. The predicted octanol–water partition coefficient (Wildman–Crippen LogP) is 2.78. The first-order chi connectivity index (χ1) is 8.04. The number of non-ortho nitro benzene ring substituents is 1. The molecule has 2 unspecified atom stereocenters. The van der Waals surface area contributed by atoms with E-state index in [2.05, 4.69) is 12.2 Å². The third-order valence-electron chi connectivity index (χ3n) is 3.22. The number of nitrogens with zero attached hydrogens (tertiary/aromatic N) is 1. The standard InChI is InChI=1S/C12H17N3O2/c1-8-2-3-10(4-8)14-11-5-9(13)6-12(7-11)15(16)17/h5-8,10,14H,2-4,13H2,1H3. The summed E-state index contributed by atoms with van der Waals surface area (Å²) >= 11 is 0. The maximum atomic E-state index is 10.7. The molecule has 1 saturated carbocycles. The van der Waals surface area contributed by atoms with E-state index < -0.39 is 4.92 Å². The predicted molar refractivity (Wildman–Crippen MR) is 67.9 cm³/mol. The Hall–Kier alpha value is -1.78. The summed E-state index contributed by atoms with van der Waals surface area (Å²) in [6.45, 7) is 2.23. The molecule has 5 heteroatoms. The first-order valence-corrected chi connectivity index (χ1v) is 5.86. The normalized spacial score (nSPS) is 23.6. The van der Waals surface area contributed by atoms with E-state index >= 15 is 0 Å². The molecular formula is C12H17N3O2. The van der Waals surface area contributed by atoms with Crippen LogP contribution in [0.5, 0.6) is 0 Å². The maximum absolute atomic E-state index is 10.7. The van der Waals surface area contributed by atoms with E-state index in [4.69, 9.17) is 5.73 Å². The lowest BCUT2D eigenvalue weighted by Crippen LogP contribution is -2.15. The van der Waals surface area contributed by atoms with Gasteiger partial charge in [-0.2, -0.15) is 0 Å². The number of nitro benzene ring substituents is 1. The van der Waals surface area contributed by atoms with E-state index in [1.165, 1.54) is 12.5 Å². The molecule has 0 amide bonds. The number of anilines is 2. The second-order valence-corrected chi connectivity index (χ2v) is 4.83. The summed E-state index contributed by atoms with van der Waals surface area (Å²) < 4.78 is 0. The van der Waals surface area contributed by atoms with Gasteiger partial charge in [0.15, 0.2) is 0 Å². The highest BCUT2D eigenvalue weighted by Gasteiger charge is 2.21. The van der Waals surface area contributed by atoms with Crippen molar-refractivity contribution in [1.29, 1.82) is 0 Å². The van der Waals surface area contributed by atoms with Crippen molar-refractivity contribution < 1.29 is 4.92 Å². The van der Waals surface area contributed by atoms with Crippen LogP contribution >= 0.6 is 0 Å². The molecular weight excluding hydrogens is 218 g/mol. The van der Waals surface area contributed by atoms with Gasteiger partial charge in [-0.15, -0.1) is 0 Å². The summed E-state index contributed by atoms with van der Waals surface area (Å²) in [6, 6.07) is 5.07.